The molecule has 0 saturated heterocycles. The number of fused-ring (bicyclic) bond motifs is 3. The molecule has 1 aliphatic rings. The predicted molar refractivity (Wildman–Crippen MR) is 128 cm³/mol. The van der Waals surface area contributed by atoms with Crippen LogP contribution in [0.1, 0.15) is 50.3 Å². The number of ether oxygens (including phenoxy) is 1. The van der Waals surface area contributed by atoms with Crippen LogP contribution in [0.4, 0.5) is 5.13 Å². The molecule has 0 radical (unpaired) electrons. The van der Waals surface area contributed by atoms with Crippen LogP contribution >= 0.6 is 22.7 Å². The average molecular weight is 490 g/mol. The van der Waals surface area contributed by atoms with Crippen LogP contribution in [0.5, 0.6) is 0 Å². The highest BCUT2D eigenvalue weighted by Crippen LogP contribution is 2.41. The molecular formula is C22H27N5O4S2. The van der Waals surface area contributed by atoms with E-state index in [2.05, 4.69) is 41.4 Å². The predicted octanol–water partition coefficient (Wildman–Crippen LogP) is 3.20. The van der Waals surface area contributed by atoms with E-state index in [0.29, 0.717) is 33.6 Å². The molecule has 0 bridgehead atoms. The first-order valence-electron chi connectivity index (χ1n) is 10.9. The van der Waals surface area contributed by atoms with Crippen LogP contribution in [0.3, 0.4) is 0 Å². The monoisotopic (exact) mass is 489 g/mol. The van der Waals surface area contributed by atoms with Crippen LogP contribution in [0.15, 0.2) is 10.2 Å². The number of amides is 1. The van der Waals surface area contributed by atoms with E-state index in [4.69, 9.17) is 4.74 Å². The molecule has 9 nitrogen and oxygen atoms in total. The second-order valence-corrected chi connectivity index (χ2v) is 11.2. The Balaban J connectivity index is 1.48. The van der Waals surface area contributed by atoms with Gasteiger partial charge in [-0.3, -0.25) is 14.4 Å². The lowest BCUT2D eigenvalue weighted by Gasteiger charge is -2.33. The lowest BCUT2D eigenvalue weighted by Crippen LogP contribution is -2.31. The van der Waals surface area contributed by atoms with Crippen LogP contribution in [0, 0.1) is 11.3 Å². The van der Waals surface area contributed by atoms with Crippen molar-refractivity contribution in [3.05, 3.63) is 31.9 Å². The van der Waals surface area contributed by atoms with Gasteiger partial charge in [0.15, 0.2) is 9.96 Å². The van der Waals surface area contributed by atoms with Crippen molar-refractivity contribution in [1.82, 2.24) is 20.0 Å². The number of hydrogen-bond acceptors (Lipinski definition) is 9. The molecule has 3 heterocycles. The summed E-state index contributed by atoms with van der Waals surface area (Å²) in [6.07, 6.45) is 2.86. The second-order valence-electron chi connectivity index (χ2n) is 9.22. The van der Waals surface area contributed by atoms with E-state index in [-0.39, 0.29) is 29.9 Å². The number of carbonyl (C=O) groups excluding carboxylic acids is 2. The number of aromatic nitrogens is 4. The van der Waals surface area contributed by atoms with Crippen molar-refractivity contribution in [2.45, 2.75) is 59.9 Å². The molecular weight excluding hydrogens is 462 g/mol. The number of rotatable bonds is 6. The van der Waals surface area contributed by atoms with E-state index in [1.54, 1.807) is 23.6 Å². The molecule has 0 unspecified atom stereocenters. The molecule has 3 aromatic heterocycles. The number of nitrogens with one attached hydrogen (secondary N) is 1. The van der Waals surface area contributed by atoms with Gasteiger partial charge in [0.05, 0.1) is 24.1 Å². The van der Waals surface area contributed by atoms with Crippen molar-refractivity contribution in [2.75, 3.05) is 11.9 Å². The van der Waals surface area contributed by atoms with Gasteiger partial charge in [-0.05, 0) is 43.1 Å². The van der Waals surface area contributed by atoms with E-state index >= 15 is 0 Å². The SMILES string of the molecule is CCOC(=O)Cc1csc(NC(=O)Cn2nnc3sc4c(c3c2=O)CC[C@@H](C(C)(C)C)C4)n1. The molecule has 0 fully saturated rings. The van der Waals surface area contributed by atoms with Gasteiger partial charge in [-0.25, -0.2) is 9.67 Å². The summed E-state index contributed by atoms with van der Waals surface area (Å²) < 4.78 is 6.01. The van der Waals surface area contributed by atoms with Gasteiger partial charge in [0.25, 0.3) is 5.56 Å². The van der Waals surface area contributed by atoms with Gasteiger partial charge in [0, 0.05) is 10.3 Å². The first-order valence-corrected chi connectivity index (χ1v) is 12.6. The summed E-state index contributed by atoms with van der Waals surface area (Å²) in [5.41, 5.74) is 1.51. The molecule has 1 atom stereocenters. The Kier molecular flexibility index (Phi) is 6.62. The van der Waals surface area contributed by atoms with E-state index in [1.807, 2.05) is 0 Å². The van der Waals surface area contributed by atoms with Gasteiger partial charge < -0.3 is 10.1 Å². The minimum atomic E-state index is -0.431. The van der Waals surface area contributed by atoms with Crippen molar-refractivity contribution in [3.8, 4) is 0 Å². The number of nitrogens with zero attached hydrogens (tertiary/aromatic N) is 4. The van der Waals surface area contributed by atoms with Gasteiger partial charge in [-0.1, -0.05) is 26.0 Å². The molecule has 0 aliphatic heterocycles. The zero-order valence-electron chi connectivity index (χ0n) is 19.1. The molecule has 3 aromatic rings. The van der Waals surface area contributed by atoms with Gasteiger partial charge in [-0.2, -0.15) is 0 Å². The summed E-state index contributed by atoms with van der Waals surface area (Å²) in [7, 11) is 0. The van der Waals surface area contributed by atoms with Gasteiger partial charge in [0.2, 0.25) is 5.91 Å². The number of aryl methyl sites for hydroxylation is 1. The highest BCUT2D eigenvalue weighted by molar-refractivity contribution is 7.18. The number of anilines is 1. The Bertz CT molecular complexity index is 1250. The van der Waals surface area contributed by atoms with Crippen molar-refractivity contribution in [3.63, 3.8) is 0 Å². The minimum absolute atomic E-state index is 0.0428. The van der Waals surface area contributed by atoms with E-state index in [0.717, 1.165) is 29.5 Å². The maximum Gasteiger partial charge on any atom is 0.311 e. The molecule has 176 valence electrons. The number of carbonyl (C=O) groups is 2. The Labute approximate surface area is 199 Å². The molecule has 0 saturated carbocycles. The maximum atomic E-state index is 13.1. The van der Waals surface area contributed by atoms with Crippen LogP contribution in [-0.4, -0.2) is 38.5 Å². The quantitative estimate of drug-likeness (QED) is 0.529. The highest BCUT2D eigenvalue weighted by atomic mass is 32.1. The first kappa shape index (κ1) is 23.5. The Morgan fingerprint density at radius 1 is 1.33 bits per heavy atom. The highest BCUT2D eigenvalue weighted by Gasteiger charge is 2.32. The summed E-state index contributed by atoms with van der Waals surface area (Å²) in [6.45, 7) is 8.54. The van der Waals surface area contributed by atoms with Crippen molar-refractivity contribution in [1.29, 1.82) is 0 Å². The number of hydrogen-bond donors (Lipinski definition) is 1. The van der Waals surface area contributed by atoms with E-state index < -0.39 is 5.91 Å². The fraction of sp³-hybridized carbons (Fsp3) is 0.545. The van der Waals surface area contributed by atoms with Crippen LogP contribution in [0.25, 0.3) is 10.2 Å². The van der Waals surface area contributed by atoms with Gasteiger partial charge in [0.1, 0.15) is 6.54 Å². The molecule has 0 spiro atoms. The molecule has 11 heteroatoms. The zero-order chi connectivity index (χ0) is 23.8. The minimum Gasteiger partial charge on any atom is -0.466 e. The smallest absolute Gasteiger partial charge is 0.311 e. The van der Waals surface area contributed by atoms with Crippen molar-refractivity contribution in [2.24, 2.45) is 11.3 Å². The summed E-state index contributed by atoms with van der Waals surface area (Å²) in [5.74, 6) is -0.241. The summed E-state index contributed by atoms with van der Waals surface area (Å²) in [4.78, 5) is 43.3. The average Bonchev–Trinajstić information content (AvgIpc) is 3.33. The molecule has 33 heavy (non-hydrogen) atoms. The van der Waals surface area contributed by atoms with E-state index in [9.17, 15) is 14.4 Å². The molecule has 4 rings (SSSR count). The Hall–Kier alpha value is -2.66. The van der Waals surface area contributed by atoms with Crippen LogP contribution in [-0.2, 0) is 40.1 Å². The molecule has 0 aromatic carbocycles. The zero-order valence-corrected chi connectivity index (χ0v) is 20.8. The summed E-state index contributed by atoms with van der Waals surface area (Å²) >= 11 is 2.75. The maximum absolute atomic E-state index is 13.1. The van der Waals surface area contributed by atoms with Gasteiger partial charge >= 0.3 is 5.97 Å². The lowest BCUT2D eigenvalue weighted by molar-refractivity contribution is -0.142. The largest absolute Gasteiger partial charge is 0.466 e. The van der Waals surface area contributed by atoms with Gasteiger partial charge in [-0.15, -0.1) is 27.8 Å². The molecule has 1 amide bonds. The normalized spacial score (nSPS) is 15.9. The second kappa shape index (κ2) is 9.30. The third-order valence-electron chi connectivity index (χ3n) is 5.89. The number of thiazole rings is 1. The third kappa shape index (κ3) is 5.14. The summed E-state index contributed by atoms with van der Waals surface area (Å²) in [5, 5.41) is 13.5. The molecule has 1 N–H and O–H groups in total. The standard InChI is InChI=1S/C22H27N5O4S2/c1-5-31-17(29)9-13-11-32-21(23-13)24-16(28)10-27-20(30)18-14-7-6-12(22(2,3)4)8-15(14)33-19(18)25-26-27/h11-12H,5-10H2,1-4H3,(H,23,24,28)/t12-/m1/s1. The lowest BCUT2D eigenvalue weighted by atomic mass is 9.72. The Morgan fingerprint density at radius 3 is 2.85 bits per heavy atom. The van der Waals surface area contributed by atoms with Crippen LogP contribution in [0.2, 0.25) is 0 Å². The van der Waals surface area contributed by atoms with Crippen LogP contribution < -0.4 is 10.9 Å². The van der Waals surface area contributed by atoms with E-state index in [1.165, 1.54) is 16.2 Å². The van der Waals surface area contributed by atoms with Crippen molar-refractivity contribution >= 4 is 49.9 Å². The first-order chi connectivity index (χ1) is 15.7. The number of thiophene rings is 1. The molecule has 1 aliphatic carbocycles. The third-order valence-corrected chi connectivity index (χ3v) is 7.83. The Morgan fingerprint density at radius 2 is 2.12 bits per heavy atom. The van der Waals surface area contributed by atoms with Crippen molar-refractivity contribution < 1.29 is 14.3 Å². The topological polar surface area (TPSA) is 116 Å². The summed E-state index contributed by atoms with van der Waals surface area (Å²) in [6, 6.07) is 0. The number of esters is 1. The fourth-order valence-electron chi connectivity index (χ4n) is 4.07. The fourth-order valence-corrected chi connectivity index (χ4v) is 6.03.